The fraction of sp³-hybridized carbons (Fsp3) is 0.538. The molecule has 1 aromatic carbocycles. The van der Waals surface area contributed by atoms with Gasteiger partial charge in [-0.15, -0.1) is 0 Å². The third-order valence-electron chi connectivity index (χ3n) is 3.37. The Bertz CT molecular complexity index is 394. The number of halogens is 1. The van der Waals surface area contributed by atoms with Crippen molar-refractivity contribution in [2.24, 2.45) is 0 Å². The highest BCUT2D eigenvalue weighted by Crippen LogP contribution is 2.31. The van der Waals surface area contributed by atoms with Crippen LogP contribution in [0.1, 0.15) is 24.0 Å². The molecule has 1 atom stereocenters. The first-order chi connectivity index (χ1) is 7.51. The molecule has 0 aromatic heterocycles. The van der Waals surface area contributed by atoms with Gasteiger partial charge in [0.2, 0.25) is 0 Å². The van der Waals surface area contributed by atoms with Crippen LogP contribution >= 0.6 is 0 Å². The molecule has 3 heteroatoms. The van der Waals surface area contributed by atoms with Crippen LogP contribution in [0.5, 0.6) is 0 Å². The second-order valence-corrected chi connectivity index (χ2v) is 4.84. The lowest BCUT2D eigenvalue weighted by molar-refractivity contribution is -0.0280. The Balaban J connectivity index is 2.31. The summed E-state index contributed by atoms with van der Waals surface area (Å²) in [7, 11) is 1.98. The number of aliphatic hydroxyl groups is 1. The van der Waals surface area contributed by atoms with Crippen molar-refractivity contribution in [3.8, 4) is 0 Å². The summed E-state index contributed by atoms with van der Waals surface area (Å²) in [5.41, 5.74) is 0.431. The standard InChI is InChI=1S/C13H18FNO/c1-10-4-5-11(8-12(10)14)13(16)6-3-7-15(2)9-13/h4-5,8,16H,3,6-7,9H2,1-2H3. The highest BCUT2D eigenvalue weighted by Gasteiger charge is 2.33. The summed E-state index contributed by atoms with van der Waals surface area (Å²) in [6.45, 7) is 3.31. The number of β-amino-alcohol motifs (C(OH)–C–C–N with tert-alkyl or cyclic N) is 1. The van der Waals surface area contributed by atoms with E-state index < -0.39 is 5.60 Å². The van der Waals surface area contributed by atoms with Gasteiger partial charge in [0.25, 0.3) is 0 Å². The number of piperidine rings is 1. The van der Waals surface area contributed by atoms with Gasteiger partial charge in [0, 0.05) is 6.54 Å². The lowest BCUT2D eigenvalue weighted by atomic mass is 9.85. The Kier molecular flexibility index (Phi) is 3.00. The fourth-order valence-corrected chi connectivity index (χ4v) is 2.36. The predicted octanol–water partition coefficient (Wildman–Crippen LogP) is 2.05. The van der Waals surface area contributed by atoms with Crippen LogP contribution in [0.3, 0.4) is 0 Å². The van der Waals surface area contributed by atoms with Gasteiger partial charge in [-0.25, -0.2) is 4.39 Å². The SMILES string of the molecule is Cc1ccc(C2(O)CCCN(C)C2)cc1F. The number of aryl methyl sites for hydroxylation is 1. The molecular weight excluding hydrogens is 205 g/mol. The van der Waals surface area contributed by atoms with Gasteiger partial charge < -0.3 is 10.0 Å². The van der Waals surface area contributed by atoms with Gasteiger partial charge in [0.15, 0.2) is 0 Å². The molecule has 1 aliphatic heterocycles. The first-order valence-electron chi connectivity index (χ1n) is 5.69. The summed E-state index contributed by atoms with van der Waals surface area (Å²) >= 11 is 0. The molecule has 1 aromatic rings. The number of rotatable bonds is 1. The number of hydrogen-bond donors (Lipinski definition) is 1. The summed E-state index contributed by atoms with van der Waals surface area (Å²) in [6, 6.07) is 5.03. The molecule has 1 fully saturated rings. The molecule has 0 aliphatic carbocycles. The van der Waals surface area contributed by atoms with E-state index in [-0.39, 0.29) is 5.82 Å². The van der Waals surface area contributed by atoms with Crippen molar-refractivity contribution < 1.29 is 9.50 Å². The van der Waals surface area contributed by atoms with E-state index in [0.29, 0.717) is 24.1 Å². The average molecular weight is 223 g/mol. The number of likely N-dealkylation sites (tertiary alicyclic amines) is 1. The average Bonchev–Trinajstić information content (AvgIpc) is 2.21. The van der Waals surface area contributed by atoms with Crippen molar-refractivity contribution in [3.05, 3.63) is 35.1 Å². The molecular formula is C13H18FNO. The van der Waals surface area contributed by atoms with E-state index in [2.05, 4.69) is 4.90 Å². The lowest BCUT2D eigenvalue weighted by Gasteiger charge is -2.37. The maximum Gasteiger partial charge on any atom is 0.126 e. The van der Waals surface area contributed by atoms with Crippen LogP contribution in [0.4, 0.5) is 4.39 Å². The van der Waals surface area contributed by atoms with Crippen LogP contribution < -0.4 is 0 Å². The molecule has 2 nitrogen and oxygen atoms in total. The van der Waals surface area contributed by atoms with Crippen LogP contribution in [0, 0.1) is 12.7 Å². The second kappa shape index (κ2) is 4.15. The maximum absolute atomic E-state index is 13.5. The smallest absolute Gasteiger partial charge is 0.126 e. The Labute approximate surface area is 95.7 Å². The summed E-state index contributed by atoms with van der Waals surface area (Å²) in [6.07, 6.45) is 1.66. The first-order valence-corrected chi connectivity index (χ1v) is 5.69. The molecule has 0 saturated carbocycles. The van der Waals surface area contributed by atoms with Crippen molar-refractivity contribution >= 4 is 0 Å². The Morgan fingerprint density at radius 1 is 1.44 bits per heavy atom. The third kappa shape index (κ3) is 2.11. The van der Waals surface area contributed by atoms with Gasteiger partial charge in [0.1, 0.15) is 11.4 Å². The van der Waals surface area contributed by atoms with E-state index >= 15 is 0 Å². The summed E-state index contributed by atoms with van der Waals surface area (Å²) < 4.78 is 13.5. The van der Waals surface area contributed by atoms with Crippen molar-refractivity contribution in [1.29, 1.82) is 0 Å². The minimum Gasteiger partial charge on any atom is -0.384 e. The van der Waals surface area contributed by atoms with Gasteiger partial charge in [-0.05, 0) is 50.6 Å². The molecule has 1 unspecified atom stereocenters. The zero-order valence-corrected chi connectivity index (χ0v) is 9.83. The molecule has 16 heavy (non-hydrogen) atoms. The van der Waals surface area contributed by atoms with Crippen LogP contribution in [-0.4, -0.2) is 30.1 Å². The molecule has 1 saturated heterocycles. The van der Waals surface area contributed by atoms with Crippen LogP contribution in [0.15, 0.2) is 18.2 Å². The minimum absolute atomic E-state index is 0.237. The quantitative estimate of drug-likeness (QED) is 0.787. The van der Waals surface area contributed by atoms with Gasteiger partial charge >= 0.3 is 0 Å². The van der Waals surface area contributed by atoms with Gasteiger partial charge in [-0.1, -0.05) is 12.1 Å². The Hall–Kier alpha value is -0.930. The largest absolute Gasteiger partial charge is 0.384 e. The lowest BCUT2D eigenvalue weighted by Crippen LogP contribution is -2.44. The van der Waals surface area contributed by atoms with Crippen molar-refractivity contribution in [2.45, 2.75) is 25.4 Å². The van der Waals surface area contributed by atoms with Gasteiger partial charge in [0.05, 0.1) is 0 Å². The Morgan fingerprint density at radius 3 is 2.81 bits per heavy atom. The predicted molar refractivity (Wildman–Crippen MR) is 61.8 cm³/mol. The molecule has 0 spiro atoms. The van der Waals surface area contributed by atoms with E-state index in [1.54, 1.807) is 13.0 Å². The second-order valence-electron chi connectivity index (χ2n) is 4.84. The fourth-order valence-electron chi connectivity index (χ4n) is 2.36. The molecule has 1 heterocycles. The summed E-state index contributed by atoms with van der Waals surface area (Å²) in [5, 5.41) is 10.5. The molecule has 0 bridgehead atoms. The van der Waals surface area contributed by atoms with Crippen LogP contribution in [0.2, 0.25) is 0 Å². The Morgan fingerprint density at radius 2 is 2.19 bits per heavy atom. The highest BCUT2D eigenvalue weighted by atomic mass is 19.1. The molecule has 0 radical (unpaired) electrons. The normalized spacial score (nSPS) is 27.0. The molecule has 88 valence electrons. The topological polar surface area (TPSA) is 23.5 Å². The van der Waals surface area contributed by atoms with Crippen LogP contribution in [-0.2, 0) is 5.60 Å². The van der Waals surface area contributed by atoms with E-state index in [9.17, 15) is 9.50 Å². The molecule has 0 amide bonds. The number of hydrogen-bond acceptors (Lipinski definition) is 2. The maximum atomic E-state index is 13.5. The van der Waals surface area contributed by atoms with E-state index in [0.717, 1.165) is 13.0 Å². The van der Waals surface area contributed by atoms with Crippen molar-refractivity contribution in [2.75, 3.05) is 20.1 Å². The summed E-state index contributed by atoms with van der Waals surface area (Å²) in [4.78, 5) is 2.08. The number of nitrogens with zero attached hydrogens (tertiary/aromatic N) is 1. The van der Waals surface area contributed by atoms with Crippen molar-refractivity contribution in [3.63, 3.8) is 0 Å². The van der Waals surface area contributed by atoms with Crippen molar-refractivity contribution in [1.82, 2.24) is 4.90 Å². The molecule has 2 rings (SSSR count). The van der Waals surface area contributed by atoms with Crippen LogP contribution in [0.25, 0.3) is 0 Å². The first kappa shape index (κ1) is 11.6. The number of likely N-dealkylation sites (N-methyl/N-ethyl adjacent to an activating group) is 1. The molecule has 1 aliphatic rings. The monoisotopic (exact) mass is 223 g/mol. The van der Waals surface area contributed by atoms with E-state index in [1.807, 2.05) is 13.1 Å². The highest BCUT2D eigenvalue weighted by molar-refractivity contribution is 5.28. The minimum atomic E-state index is -0.887. The number of benzene rings is 1. The van der Waals surface area contributed by atoms with Gasteiger partial charge in [-0.3, -0.25) is 0 Å². The molecule has 1 N–H and O–H groups in total. The summed E-state index contributed by atoms with van der Waals surface area (Å²) in [5.74, 6) is -0.237. The van der Waals surface area contributed by atoms with E-state index in [1.165, 1.54) is 6.07 Å². The zero-order chi connectivity index (χ0) is 11.8. The third-order valence-corrected chi connectivity index (χ3v) is 3.37. The van der Waals surface area contributed by atoms with Gasteiger partial charge in [-0.2, -0.15) is 0 Å². The van der Waals surface area contributed by atoms with E-state index in [4.69, 9.17) is 0 Å². The zero-order valence-electron chi connectivity index (χ0n) is 9.83.